The zero-order valence-electron chi connectivity index (χ0n) is 26.1. The van der Waals surface area contributed by atoms with E-state index in [4.69, 9.17) is 9.47 Å². The second-order valence-corrected chi connectivity index (χ2v) is 10.9. The Labute approximate surface area is 248 Å². The Morgan fingerprint density at radius 1 is 0.881 bits per heavy atom. The molecule has 0 aliphatic carbocycles. The maximum absolute atomic E-state index is 12.8. The number of hydrogen-bond acceptors (Lipinski definition) is 9. The molecule has 0 radical (unpaired) electrons. The van der Waals surface area contributed by atoms with Gasteiger partial charge in [-0.1, -0.05) is 19.1 Å². The van der Waals surface area contributed by atoms with Crippen LogP contribution >= 0.6 is 0 Å². The van der Waals surface area contributed by atoms with Gasteiger partial charge < -0.3 is 25.0 Å². The Morgan fingerprint density at radius 2 is 1.40 bits per heavy atom. The SMILES string of the molecule is CN[C@H]1CN(C)c2cc(C)cc(C)c2N(CC(=O)OC)C1=O.COC(=O)CN1C(=O)[C@@H](C)CNc2cc(C)cc(C)c21. The van der Waals surface area contributed by atoms with Gasteiger partial charge in [-0.15, -0.1) is 0 Å². The van der Waals surface area contributed by atoms with Crippen molar-refractivity contribution in [3.63, 3.8) is 0 Å². The number of carbonyl (C=O) groups is 4. The number of hydrogen-bond donors (Lipinski definition) is 2. The molecule has 2 N–H and O–H groups in total. The summed E-state index contributed by atoms with van der Waals surface area (Å²) in [6.45, 7) is 10.8. The van der Waals surface area contributed by atoms with Gasteiger partial charge in [-0.3, -0.25) is 29.0 Å². The van der Waals surface area contributed by atoms with Gasteiger partial charge in [0.15, 0.2) is 0 Å². The van der Waals surface area contributed by atoms with Crippen molar-refractivity contribution in [1.29, 1.82) is 0 Å². The van der Waals surface area contributed by atoms with Crippen LogP contribution in [-0.4, -0.2) is 84.3 Å². The fourth-order valence-electron chi connectivity index (χ4n) is 5.42. The molecule has 0 saturated carbocycles. The van der Waals surface area contributed by atoms with E-state index in [1.165, 1.54) is 24.0 Å². The van der Waals surface area contributed by atoms with Crippen molar-refractivity contribution in [1.82, 2.24) is 5.32 Å². The lowest BCUT2D eigenvalue weighted by atomic mass is 10.1. The van der Waals surface area contributed by atoms with Gasteiger partial charge in [0.2, 0.25) is 11.8 Å². The fourth-order valence-corrected chi connectivity index (χ4v) is 5.42. The molecule has 0 spiro atoms. The van der Waals surface area contributed by atoms with Crippen LogP contribution in [0, 0.1) is 33.6 Å². The highest BCUT2D eigenvalue weighted by atomic mass is 16.5. The Kier molecular flexibility index (Phi) is 10.6. The van der Waals surface area contributed by atoms with E-state index in [2.05, 4.69) is 10.6 Å². The lowest BCUT2D eigenvalue weighted by molar-refractivity contribution is -0.140. The van der Waals surface area contributed by atoms with Crippen LogP contribution in [0.25, 0.3) is 0 Å². The first-order valence-corrected chi connectivity index (χ1v) is 13.9. The molecule has 11 nitrogen and oxygen atoms in total. The first-order valence-electron chi connectivity index (χ1n) is 13.9. The summed E-state index contributed by atoms with van der Waals surface area (Å²) in [5, 5.41) is 6.32. The topological polar surface area (TPSA) is 121 Å². The van der Waals surface area contributed by atoms with Gasteiger partial charge in [0.05, 0.1) is 42.9 Å². The molecule has 11 heteroatoms. The molecule has 0 unspecified atom stereocenters. The number of benzene rings is 2. The number of amides is 2. The van der Waals surface area contributed by atoms with Gasteiger partial charge in [-0.05, 0) is 69.1 Å². The summed E-state index contributed by atoms with van der Waals surface area (Å²) in [6.07, 6.45) is 0. The first-order chi connectivity index (χ1) is 19.8. The highest BCUT2D eigenvalue weighted by molar-refractivity contribution is 6.06. The molecule has 2 aromatic carbocycles. The van der Waals surface area contributed by atoms with Gasteiger partial charge in [0.1, 0.15) is 19.1 Å². The predicted molar refractivity (Wildman–Crippen MR) is 164 cm³/mol. The highest BCUT2D eigenvalue weighted by Crippen LogP contribution is 2.37. The molecule has 2 aromatic rings. The highest BCUT2D eigenvalue weighted by Gasteiger charge is 2.34. The van der Waals surface area contributed by atoms with Crippen LogP contribution in [0.2, 0.25) is 0 Å². The third-order valence-corrected chi connectivity index (χ3v) is 7.51. The molecule has 0 fully saturated rings. The first kappa shape index (κ1) is 32.4. The van der Waals surface area contributed by atoms with Crippen LogP contribution in [0.5, 0.6) is 0 Å². The molecule has 2 heterocycles. The molecule has 2 atom stereocenters. The summed E-state index contributed by atoms with van der Waals surface area (Å²) >= 11 is 0. The fraction of sp³-hybridized carbons (Fsp3) is 0.484. The van der Waals surface area contributed by atoms with Crippen LogP contribution in [0.3, 0.4) is 0 Å². The molecule has 42 heavy (non-hydrogen) atoms. The van der Waals surface area contributed by atoms with Gasteiger partial charge in [-0.2, -0.15) is 0 Å². The number of aryl methyl sites for hydroxylation is 4. The van der Waals surface area contributed by atoms with Crippen LogP contribution < -0.4 is 25.3 Å². The molecular formula is C31H43N5O6. The van der Waals surface area contributed by atoms with Crippen molar-refractivity contribution in [3.8, 4) is 0 Å². The number of nitrogens with one attached hydrogen (secondary N) is 2. The monoisotopic (exact) mass is 581 g/mol. The van der Waals surface area contributed by atoms with Crippen molar-refractivity contribution >= 4 is 46.5 Å². The van der Waals surface area contributed by atoms with Crippen LogP contribution in [-0.2, 0) is 28.7 Å². The van der Waals surface area contributed by atoms with E-state index < -0.39 is 11.9 Å². The van der Waals surface area contributed by atoms with Crippen molar-refractivity contribution < 1.29 is 28.7 Å². The third-order valence-electron chi connectivity index (χ3n) is 7.51. The number of rotatable bonds is 5. The molecule has 2 aliphatic rings. The number of fused-ring (bicyclic) bond motifs is 2. The smallest absolute Gasteiger partial charge is 0.325 e. The minimum Gasteiger partial charge on any atom is -0.468 e. The molecule has 2 amide bonds. The van der Waals surface area contributed by atoms with E-state index in [1.807, 2.05) is 70.8 Å². The van der Waals surface area contributed by atoms with E-state index in [9.17, 15) is 19.2 Å². The number of likely N-dealkylation sites (N-methyl/N-ethyl adjacent to an activating group) is 2. The Morgan fingerprint density at radius 3 is 1.95 bits per heavy atom. The Bertz CT molecular complexity index is 1360. The molecule has 0 aromatic heterocycles. The van der Waals surface area contributed by atoms with E-state index in [0.717, 1.165) is 45.0 Å². The minimum absolute atomic E-state index is 0.0573. The number of nitrogens with zero attached hydrogens (tertiary/aromatic N) is 3. The largest absolute Gasteiger partial charge is 0.468 e. The number of carbonyl (C=O) groups excluding carboxylic acids is 4. The third kappa shape index (κ3) is 7.02. The lowest BCUT2D eigenvalue weighted by Crippen LogP contribution is -2.49. The van der Waals surface area contributed by atoms with Crippen molar-refractivity contribution in [2.24, 2.45) is 5.92 Å². The van der Waals surface area contributed by atoms with Gasteiger partial charge in [-0.25, -0.2) is 0 Å². The molecular weight excluding hydrogens is 538 g/mol. The van der Waals surface area contributed by atoms with Gasteiger partial charge in [0.25, 0.3) is 0 Å². The Balaban J connectivity index is 0.000000231. The molecule has 0 saturated heterocycles. The van der Waals surface area contributed by atoms with Crippen LogP contribution in [0.15, 0.2) is 24.3 Å². The second kappa shape index (κ2) is 13.7. The second-order valence-electron chi connectivity index (χ2n) is 10.9. The summed E-state index contributed by atoms with van der Waals surface area (Å²) in [5.41, 5.74) is 7.58. The normalized spacial score (nSPS) is 18.1. The van der Waals surface area contributed by atoms with Crippen molar-refractivity contribution in [2.45, 2.75) is 40.7 Å². The van der Waals surface area contributed by atoms with Crippen molar-refractivity contribution in [2.75, 3.05) is 74.5 Å². The average molecular weight is 582 g/mol. The predicted octanol–water partition coefficient (Wildman–Crippen LogP) is 2.72. The number of esters is 2. The molecule has 4 rings (SSSR count). The minimum atomic E-state index is -0.432. The van der Waals surface area contributed by atoms with E-state index in [0.29, 0.717) is 13.1 Å². The van der Waals surface area contributed by atoms with E-state index in [1.54, 1.807) is 7.05 Å². The molecule has 2 aliphatic heterocycles. The maximum Gasteiger partial charge on any atom is 0.325 e. The van der Waals surface area contributed by atoms with E-state index >= 15 is 0 Å². The van der Waals surface area contributed by atoms with Crippen molar-refractivity contribution in [3.05, 3.63) is 46.5 Å². The quantitative estimate of drug-likeness (QED) is 0.514. The maximum atomic E-state index is 12.8. The standard InChI is InChI=1S/C16H23N3O3.C15H20N2O3/c1-10-6-11(2)15-13(7-10)18(4)8-12(17-3)16(21)19(15)9-14(20)22-5;1-9-5-10(2)14-12(6-9)16-7-11(3)15(19)17(14)8-13(18)20-4/h6-7,12,17H,8-9H2,1-5H3;5-6,11,16H,7-8H2,1-4H3/t12-;11-/m00/s1. The lowest BCUT2D eigenvalue weighted by Gasteiger charge is -2.26. The number of anilines is 4. The molecule has 228 valence electrons. The zero-order valence-corrected chi connectivity index (χ0v) is 26.1. The van der Waals surface area contributed by atoms with Crippen LogP contribution in [0.1, 0.15) is 29.2 Å². The average Bonchev–Trinajstić information content (AvgIpc) is 3.12. The summed E-state index contributed by atoms with van der Waals surface area (Å²) in [7, 11) is 6.36. The number of ether oxygens (including phenoxy) is 2. The van der Waals surface area contributed by atoms with E-state index in [-0.39, 0.29) is 36.9 Å². The summed E-state index contributed by atoms with van der Waals surface area (Å²) in [4.78, 5) is 53.7. The zero-order chi connectivity index (χ0) is 31.3. The number of methoxy groups -OCH3 is 2. The van der Waals surface area contributed by atoms with Crippen LogP contribution in [0.4, 0.5) is 22.7 Å². The van der Waals surface area contributed by atoms with Gasteiger partial charge >= 0.3 is 11.9 Å². The Hall–Kier alpha value is -4.12. The summed E-state index contributed by atoms with van der Waals surface area (Å²) < 4.78 is 9.45. The van der Waals surface area contributed by atoms with Gasteiger partial charge in [0, 0.05) is 20.1 Å². The summed E-state index contributed by atoms with van der Waals surface area (Å²) in [5.74, 6) is -1.22. The molecule has 0 bridgehead atoms. The summed E-state index contributed by atoms with van der Waals surface area (Å²) in [6, 6.07) is 7.69.